The summed E-state index contributed by atoms with van der Waals surface area (Å²) in [5, 5.41) is 0.439. The summed E-state index contributed by atoms with van der Waals surface area (Å²) in [4.78, 5) is 8.75. The first-order chi connectivity index (χ1) is 14.7. The first-order valence-corrected chi connectivity index (χ1v) is 14.0. The summed E-state index contributed by atoms with van der Waals surface area (Å²) in [6.45, 7) is 7.80. The number of oxazole rings is 1. The molecular weight excluding hydrogens is 435 g/mol. The summed E-state index contributed by atoms with van der Waals surface area (Å²) in [6, 6.07) is 11.0. The van der Waals surface area contributed by atoms with Gasteiger partial charge in [-0.3, -0.25) is 0 Å². The Balaban J connectivity index is 1.75. The van der Waals surface area contributed by atoms with E-state index in [-0.39, 0.29) is 18.6 Å². The van der Waals surface area contributed by atoms with E-state index < -0.39 is 8.07 Å². The lowest BCUT2D eigenvalue weighted by Crippen LogP contribution is -2.22. The number of nitrogens with two attached hydrogens (primary N) is 1. The summed E-state index contributed by atoms with van der Waals surface area (Å²) < 4.78 is 27.9. The van der Waals surface area contributed by atoms with E-state index in [9.17, 15) is 4.39 Å². The number of hydrogen-bond acceptors (Lipinski definition) is 5. The SMILES string of the molecule is C[Si](C)(C)CCOCn1cnc(-c2ccc3oc(N)nc3c2)c1-c1cc(Cl)ccc1F. The van der Waals surface area contributed by atoms with Crippen molar-refractivity contribution in [2.45, 2.75) is 32.4 Å². The first kappa shape index (κ1) is 21.5. The van der Waals surface area contributed by atoms with Gasteiger partial charge < -0.3 is 19.5 Å². The third kappa shape index (κ3) is 4.81. The molecule has 0 amide bonds. The van der Waals surface area contributed by atoms with Crippen LogP contribution in [0.5, 0.6) is 0 Å². The van der Waals surface area contributed by atoms with E-state index in [4.69, 9.17) is 26.5 Å². The molecule has 2 aromatic heterocycles. The van der Waals surface area contributed by atoms with Gasteiger partial charge in [0.1, 0.15) is 18.1 Å². The van der Waals surface area contributed by atoms with Crippen LogP contribution in [0.2, 0.25) is 30.7 Å². The van der Waals surface area contributed by atoms with Crippen molar-refractivity contribution in [3.63, 3.8) is 0 Å². The van der Waals surface area contributed by atoms with Crippen LogP contribution in [0.25, 0.3) is 33.6 Å². The third-order valence-electron chi connectivity index (χ3n) is 4.93. The van der Waals surface area contributed by atoms with Crippen LogP contribution in [-0.4, -0.2) is 29.2 Å². The zero-order chi connectivity index (χ0) is 22.2. The minimum atomic E-state index is -1.21. The van der Waals surface area contributed by atoms with Gasteiger partial charge in [-0.1, -0.05) is 31.2 Å². The highest BCUT2D eigenvalue weighted by Crippen LogP contribution is 2.35. The Labute approximate surface area is 185 Å². The molecule has 6 nitrogen and oxygen atoms in total. The maximum atomic E-state index is 14.8. The number of fused-ring (bicyclic) bond motifs is 1. The molecule has 2 aromatic carbocycles. The minimum Gasteiger partial charge on any atom is -0.424 e. The second-order valence-corrected chi connectivity index (χ2v) is 14.7. The number of halogens is 2. The van der Waals surface area contributed by atoms with Crippen molar-refractivity contribution in [1.29, 1.82) is 0 Å². The molecule has 4 aromatic rings. The maximum absolute atomic E-state index is 14.8. The molecule has 0 fully saturated rings. The van der Waals surface area contributed by atoms with Crippen molar-refractivity contribution in [3.8, 4) is 22.5 Å². The number of hydrogen-bond donors (Lipinski definition) is 1. The molecule has 2 heterocycles. The highest BCUT2D eigenvalue weighted by Gasteiger charge is 2.20. The molecule has 0 aliphatic rings. The standard InChI is InChI=1S/C22H24ClFN4O2Si/c1-31(2,3)9-8-29-13-28-12-26-20(21(28)16-11-15(23)5-6-17(16)24)14-4-7-19-18(10-14)27-22(25)30-19/h4-7,10-12H,8-9,13H2,1-3H3,(H2,25,27). The van der Waals surface area contributed by atoms with E-state index >= 15 is 0 Å². The van der Waals surface area contributed by atoms with Gasteiger partial charge in [0.05, 0.1) is 17.7 Å². The number of nitrogen functional groups attached to an aromatic ring is 1. The Bertz CT molecular complexity index is 1230. The van der Waals surface area contributed by atoms with Crippen LogP contribution in [0, 0.1) is 5.82 Å². The molecule has 0 atom stereocenters. The van der Waals surface area contributed by atoms with Crippen molar-refractivity contribution in [3.05, 3.63) is 53.6 Å². The fourth-order valence-electron chi connectivity index (χ4n) is 3.29. The molecule has 0 saturated heterocycles. The Kier molecular flexibility index (Phi) is 5.87. The van der Waals surface area contributed by atoms with Crippen LogP contribution in [-0.2, 0) is 11.5 Å². The molecule has 2 N–H and O–H groups in total. The van der Waals surface area contributed by atoms with Crippen LogP contribution in [0.3, 0.4) is 0 Å². The number of nitrogens with zero attached hydrogens (tertiary/aromatic N) is 3. The first-order valence-electron chi connectivity index (χ1n) is 9.96. The maximum Gasteiger partial charge on any atom is 0.292 e. The highest BCUT2D eigenvalue weighted by molar-refractivity contribution is 6.76. The van der Waals surface area contributed by atoms with E-state index in [1.165, 1.54) is 12.1 Å². The number of aromatic nitrogens is 3. The predicted molar refractivity (Wildman–Crippen MR) is 124 cm³/mol. The molecule has 0 spiro atoms. The zero-order valence-electron chi connectivity index (χ0n) is 17.7. The van der Waals surface area contributed by atoms with E-state index in [0.717, 1.165) is 11.6 Å². The van der Waals surface area contributed by atoms with E-state index in [2.05, 4.69) is 29.6 Å². The van der Waals surface area contributed by atoms with Gasteiger partial charge in [0, 0.05) is 30.8 Å². The van der Waals surface area contributed by atoms with Gasteiger partial charge >= 0.3 is 0 Å². The summed E-state index contributed by atoms with van der Waals surface area (Å²) in [5.74, 6) is -0.388. The molecular formula is C22H24ClFN4O2Si. The van der Waals surface area contributed by atoms with Gasteiger partial charge in [-0.2, -0.15) is 4.98 Å². The smallest absolute Gasteiger partial charge is 0.292 e. The Morgan fingerprint density at radius 2 is 2.00 bits per heavy atom. The normalized spacial score (nSPS) is 12.0. The van der Waals surface area contributed by atoms with Crippen LogP contribution in [0.4, 0.5) is 10.4 Å². The van der Waals surface area contributed by atoms with Crippen molar-refractivity contribution < 1.29 is 13.5 Å². The highest BCUT2D eigenvalue weighted by atomic mass is 35.5. The van der Waals surface area contributed by atoms with E-state index in [1.807, 2.05) is 12.1 Å². The molecule has 0 bridgehead atoms. The lowest BCUT2D eigenvalue weighted by molar-refractivity contribution is 0.0882. The Morgan fingerprint density at radius 3 is 2.77 bits per heavy atom. The predicted octanol–water partition coefficient (Wildman–Crippen LogP) is 6.05. The topological polar surface area (TPSA) is 79.1 Å². The molecule has 4 rings (SSSR count). The lowest BCUT2D eigenvalue weighted by atomic mass is 10.0. The summed E-state index contributed by atoms with van der Waals surface area (Å²) >= 11 is 6.18. The number of benzene rings is 2. The number of anilines is 1. The zero-order valence-corrected chi connectivity index (χ0v) is 19.4. The van der Waals surface area contributed by atoms with Gasteiger partial charge in [0.25, 0.3) is 6.01 Å². The molecule has 0 saturated carbocycles. The van der Waals surface area contributed by atoms with Gasteiger partial charge in [0.15, 0.2) is 5.58 Å². The van der Waals surface area contributed by atoms with Crippen LogP contribution < -0.4 is 5.73 Å². The quantitative estimate of drug-likeness (QED) is 0.269. The van der Waals surface area contributed by atoms with Gasteiger partial charge in [-0.05, 0) is 42.4 Å². The Hall–Kier alpha value is -2.68. The number of ether oxygens (including phenoxy) is 1. The van der Waals surface area contributed by atoms with Crippen LogP contribution >= 0.6 is 11.6 Å². The van der Waals surface area contributed by atoms with E-state index in [1.54, 1.807) is 23.0 Å². The third-order valence-corrected chi connectivity index (χ3v) is 6.86. The Morgan fingerprint density at radius 1 is 1.19 bits per heavy atom. The molecule has 31 heavy (non-hydrogen) atoms. The van der Waals surface area contributed by atoms with Crippen LogP contribution in [0.1, 0.15) is 0 Å². The van der Waals surface area contributed by atoms with Crippen molar-refractivity contribution in [2.24, 2.45) is 0 Å². The average molecular weight is 459 g/mol. The molecule has 162 valence electrons. The fraction of sp³-hybridized carbons (Fsp3) is 0.273. The molecule has 9 heteroatoms. The summed E-state index contributed by atoms with van der Waals surface area (Å²) in [5.41, 5.74) is 9.14. The van der Waals surface area contributed by atoms with Crippen molar-refractivity contribution in [1.82, 2.24) is 14.5 Å². The van der Waals surface area contributed by atoms with Gasteiger partial charge in [-0.15, -0.1) is 0 Å². The lowest BCUT2D eigenvalue weighted by Gasteiger charge is -2.16. The van der Waals surface area contributed by atoms with Gasteiger partial charge in [-0.25, -0.2) is 9.37 Å². The van der Waals surface area contributed by atoms with Gasteiger partial charge in [0.2, 0.25) is 0 Å². The van der Waals surface area contributed by atoms with Crippen LogP contribution in [0.15, 0.2) is 47.1 Å². The summed E-state index contributed by atoms with van der Waals surface area (Å²) in [6.07, 6.45) is 1.65. The number of imidazole rings is 1. The molecule has 0 unspecified atom stereocenters. The van der Waals surface area contributed by atoms with Crippen molar-refractivity contribution in [2.75, 3.05) is 12.3 Å². The molecule has 0 aliphatic heterocycles. The number of rotatable bonds is 7. The summed E-state index contributed by atoms with van der Waals surface area (Å²) in [7, 11) is -1.21. The van der Waals surface area contributed by atoms with Crippen molar-refractivity contribution >= 4 is 36.8 Å². The second-order valence-electron chi connectivity index (χ2n) is 8.62. The minimum absolute atomic E-state index is 0.0922. The van der Waals surface area contributed by atoms with E-state index in [0.29, 0.717) is 39.7 Å². The molecule has 0 aliphatic carbocycles. The monoisotopic (exact) mass is 458 g/mol. The molecule has 0 radical (unpaired) electrons. The average Bonchev–Trinajstić information content (AvgIpc) is 3.28. The largest absolute Gasteiger partial charge is 0.424 e. The second kappa shape index (κ2) is 8.45. The fourth-order valence-corrected chi connectivity index (χ4v) is 4.22.